The molecule has 5 nitrogen and oxygen atoms in total. The third-order valence-corrected chi connectivity index (χ3v) is 4.60. The van der Waals surface area contributed by atoms with Crippen molar-refractivity contribution in [2.75, 3.05) is 18.0 Å². The molecule has 3 rings (SSSR count). The fourth-order valence-corrected chi connectivity index (χ4v) is 3.10. The van der Waals surface area contributed by atoms with Crippen molar-refractivity contribution in [1.29, 1.82) is 0 Å². The Hall–Kier alpha value is -1.43. The summed E-state index contributed by atoms with van der Waals surface area (Å²) in [6, 6.07) is 1.90. The Kier molecular flexibility index (Phi) is 2.62. The van der Waals surface area contributed by atoms with Gasteiger partial charge in [-0.3, -0.25) is 19.9 Å². The summed E-state index contributed by atoms with van der Waals surface area (Å²) >= 11 is 3.51. The van der Waals surface area contributed by atoms with Crippen LogP contribution >= 0.6 is 15.9 Å². The van der Waals surface area contributed by atoms with Crippen molar-refractivity contribution < 1.29 is 9.59 Å². The summed E-state index contributed by atoms with van der Waals surface area (Å²) in [5.41, 5.74) is 1.90. The van der Waals surface area contributed by atoms with Gasteiger partial charge in [-0.1, -0.05) is 0 Å². The second-order valence-electron chi connectivity index (χ2n) is 4.70. The first-order valence-electron chi connectivity index (χ1n) is 5.78. The summed E-state index contributed by atoms with van der Waals surface area (Å²) in [5.74, 6) is -0.709. The van der Waals surface area contributed by atoms with E-state index < -0.39 is 0 Å². The monoisotopic (exact) mass is 309 g/mol. The van der Waals surface area contributed by atoms with Crippen molar-refractivity contribution in [3.05, 3.63) is 22.4 Å². The van der Waals surface area contributed by atoms with Crippen LogP contribution in [-0.2, 0) is 9.59 Å². The van der Waals surface area contributed by atoms with E-state index >= 15 is 0 Å². The van der Waals surface area contributed by atoms with Gasteiger partial charge >= 0.3 is 0 Å². The van der Waals surface area contributed by atoms with Gasteiger partial charge in [0.2, 0.25) is 11.8 Å². The Balaban J connectivity index is 1.91. The number of pyridine rings is 1. The zero-order valence-electron chi connectivity index (χ0n) is 9.81. The first-order chi connectivity index (χ1) is 8.58. The molecule has 2 atom stereocenters. The predicted octanol–water partition coefficient (Wildman–Crippen LogP) is 0.861. The number of anilines is 1. The molecule has 2 fully saturated rings. The molecule has 18 heavy (non-hydrogen) atoms. The normalized spacial score (nSPS) is 26.4. The van der Waals surface area contributed by atoms with Crippen LogP contribution in [0.15, 0.2) is 16.7 Å². The van der Waals surface area contributed by atoms with Crippen molar-refractivity contribution in [3.8, 4) is 0 Å². The second-order valence-corrected chi connectivity index (χ2v) is 5.49. The first kappa shape index (κ1) is 11.6. The average Bonchev–Trinajstić information content (AvgIpc) is 2.86. The molecule has 0 spiro atoms. The van der Waals surface area contributed by atoms with Crippen LogP contribution < -0.4 is 10.2 Å². The molecule has 2 amide bonds. The molecule has 0 unspecified atom stereocenters. The number of carbonyl (C=O) groups excluding carboxylic acids is 2. The van der Waals surface area contributed by atoms with Crippen molar-refractivity contribution in [3.63, 3.8) is 0 Å². The zero-order chi connectivity index (χ0) is 12.9. The maximum Gasteiger partial charge on any atom is 0.232 e. The summed E-state index contributed by atoms with van der Waals surface area (Å²) < 4.78 is 0.929. The van der Waals surface area contributed by atoms with E-state index in [1.54, 1.807) is 6.20 Å². The van der Waals surface area contributed by atoms with Gasteiger partial charge in [-0.2, -0.15) is 0 Å². The number of hydrogen-bond acceptors (Lipinski definition) is 4. The predicted molar refractivity (Wildman–Crippen MR) is 69.0 cm³/mol. The number of hydrogen-bond donors (Lipinski definition) is 1. The SMILES string of the molecule is Cc1nccc(N2C[C@@H]3C(=O)NC(=O)[C@@H]3C2)c1Br. The molecular weight excluding hydrogens is 298 g/mol. The van der Waals surface area contributed by atoms with Crippen LogP contribution in [0.5, 0.6) is 0 Å². The van der Waals surface area contributed by atoms with E-state index in [0.717, 1.165) is 15.9 Å². The van der Waals surface area contributed by atoms with Gasteiger partial charge in [-0.15, -0.1) is 0 Å². The fourth-order valence-electron chi connectivity index (χ4n) is 2.62. The fraction of sp³-hybridized carbons (Fsp3) is 0.417. The zero-order valence-corrected chi connectivity index (χ0v) is 11.4. The maximum absolute atomic E-state index is 11.6. The van der Waals surface area contributed by atoms with E-state index in [-0.39, 0.29) is 23.7 Å². The molecular formula is C12H12BrN3O2. The molecule has 0 radical (unpaired) electrons. The highest BCUT2D eigenvalue weighted by atomic mass is 79.9. The van der Waals surface area contributed by atoms with Crippen molar-refractivity contribution in [2.45, 2.75) is 6.92 Å². The van der Waals surface area contributed by atoms with Crippen LogP contribution in [0.3, 0.4) is 0 Å². The minimum Gasteiger partial charge on any atom is -0.369 e. The number of nitrogens with zero attached hydrogens (tertiary/aromatic N) is 2. The number of halogens is 1. The second kappa shape index (κ2) is 4.05. The van der Waals surface area contributed by atoms with Gasteiger partial charge in [0, 0.05) is 19.3 Å². The molecule has 2 aliphatic heterocycles. The Bertz CT molecular complexity index is 524. The topological polar surface area (TPSA) is 62.3 Å². The number of nitrogens with one attached hydrogen (secondary N) is 1. The molecule has 94 valence electrons. The van der Waals surface area contributed by atoms with Gasteiger partial charge in [-0.05, 0) is 28.9 Å². The van der Waals surface area contributed by atoms with Crippen LogP contribution in [0.2, 0.25) is 0 Å². The van der Waals surface area contributed by atoms with Gasteiger partial charge in [0.1, 0.15) is 0 Å². The van der Waals surface area contributed by atoms with E-state index in [1.165, 1.54) is 0 Å². The summed E-state index contributed by atoms with van der Waals surface area (Å²) in [6.45, 7) is 3.09. The number of amides is 2. The Labute approximate surface area is 113 Å². The van der Waals surface area contributed by atoms with Crippen molar-refractivity contribution in [2.24, 2.45) is 11.8 Å². The lowest BCUT2D eigenvalue weighted by Crippen LogP contribution is -2.31. The van der Waals surface area contributed by atoms with E-state index in [0.29, 0.717) is 13.1 Å². The standard InChI is InChI=1S/C12H12BrN3O2/c1-6-10(13)9(2-3-14-6)16-4-7-8(5-16)12(18)15-11(7)17/h2-3,7-8H,4-5H2,1H3,(H,15,17,18)/t7-,8+. The third kappa shape index (κ3) is 1.63. The van der Waals surface area contributed by atoms with Crippen molar-refractivity contribution in [1.82, 2.24) is 10.3 Å². The van der Waals surface area contributed by atoms with Crippen molar-refractivity contribution >= 4 is 33.4 Å². The minimum atomic E-state index is -0.210. The smallest absolute Gasteiger partial charge is 0.232 e. The highest BCUT2D eigenvalue weighted by Gasteiger charge is 2.48. The van der Waals surface area contributed by atoms with Gasteiger partial charge in [0.25, 0.3) is 0 Å². The lowest BCUT2D eigenvalue weighted by Gasteiger charge is -2.21. The van der Waals surface area contributed by atoms with Crippen LogP contribution in [0, 0.1) is 18.8 Å². The molecule has 1 aromatic rings. The Morgan fingerprint density at radius 2 is 1.94 bits per heavy atom. The lowest BCUT2D eigenvalue weighted by atomic mass is 10.00. The lowest BCUT2D eigenvalue weighted by molar-refractivity contribution is -0.126. The molecule has 3 heterocycles. The van der Waals surface area contributed by atoms with Crippen LogP contribution in [0.4, 0.5) is 5.69 Å². The number of fused-ring (bicyclic) bond motifs is 1. The maximum atomic E-state index is 11.6. The van der Waals surface area contributed by atoms with E-state index in [4.69, 9.17) is 0 Å². The molecule has 0 aliphatic carbocycles. The van der Waals surface area contributed by atoms with E-state index in [1.807, 2.05) is 13.0 Å². The number of rotatable bonds is 1. The van der Waals surface area contributed by atoms with Crippen LogP contribution in [0.1, 0.15) is 5.69 Å². The molecule has 0 saturated carbocycles. The van der Waals surface area contributed by atoms with Gasteiger partial charge in [-0.25, -0.2) is 0 Å². The summed E-state index contributed by atoms with van der Waals surface area (Å²) in [7, 11) is 0. The third-order valence-electron chi connectivity index (χ3n) is 3.62. The van der Waals surface area contributed by atoms with Crippen LogP contribution in [-0.4, -0.2) is 29.9 Å². The molecule has 1 N–H and O–H groups in total. The van der Waals surface area contributed by atoms with Crippen LogP contribution in [0.25, 0.3) is 0 Å². The number of imide groups is 1. The number of aryl methyl sites for hydroxylation is 1. The molecule has 2 saturated heterocycles. The molecule has 6 heteroatoms. The average molecular weight is 310 g/mol. The Morgan fingerprint density at radius 3 is 2.56 bits per heavy atom. The van der Waals surface area contributed by atoms with E-state index in [9.17, 15) is 9.59 Å². The van der Waals surface area contributed by atoms with Gasteiger partial charge in [0.05, 0.1) is 27.7 Å². The quantitative estimate of drug-likeness (QED) is 0.782. The number of aromatic nitrogens is 1. The van der Waals surface area contributed by atoms with Gasteiger partial charge < -0.3 is 4.90 Å². The molecule has 2 aliphatic rings. The largest absolute Gasteiger partial charge is 0.369 e. The first-order valence-corrected chi connectivity index (χ1v) is 6.58. The summed E-state index contributed by atoms with van der Waals surface area (Å²) in [6.07, 6.45) is 1.74. The highest BCUT2D eigenvalue weighted by molar-refractivity contribution is 9.10. The highest BCUT2D eigenvalue weighted by Crippen LogP contribution is 2.36. The molecule has 0 bridgehead atoms. The van der Waals surface area contributed by atoms with Gasteiger partial charge in [0.15, 0.2) is 0 Å². The summed E-state index contributed by atoms with van der Waals surface area (Å²) in [5, 5.41) is 2.39. The minimum absolute atomic E-state index is 0.144. The number of carbonyl (C=O) groups is 2. The summed E-state index contributed by atoms with van der Waals surface area (Å²) in [4.78, 5) is 29.5. The molecule has 0 aromatic carbocycles. The Morgan fingerprint density at radius 1 is 1.33 bits per heavy atom. The van der Waals surface area contributed by atoms with E-state index in [2.05, 4.69) is 31.1 Å². The molecule has 1 aromatic heterocycles.